The molecule has 3 unspecified atom stereocenters. The fourth-order valence-electron chi connectivity index (χ4n) is 3.60. The topological polar surface area (TPSA) is 84.5 Å². The average Bonchev–Trinajstić information content (AvgIpc) is 3.09. The standard InChI is InChI=1S/C20H34N2O4S/c1-20(2,3)26-17(24)12-6-4-5-9-14(23)10-7-8-11-16-18-15(13-27-16)21-19(25)22-18/h15-16,18H,4-13H2,1-3H3,(H2,21,22,25). The SMILES string of the molecule is CC(C)(C)OC(=O)CCCCCC(=O)CCCCC1SCC2NC(=O)NC21. The van der Waals surface area contributed by atoms with Crippen molar-refractivity contribution in [3.8, 4) is 0 Å². The molecule has 0 spiro atoms. The summed E-state index contributed by atoms with van der Waals surface area (Å²) in [6, 6.07) is 0.482. The fraction of sp³-hybridized carbons (Fsp3) is 0.850. The van der Waals surface area contributed by atoms with Crippen molar-refractivity contribution in [1.82, 2.24) is 10.6 Å². The second-order valence-electron chi connectivity index (χ2n) is 8.55. The van der Waals surface area contributed by atoms with E-state index < -0.39 is 5.60 Å². The molecule has 6 nitrogen and oxygen atoms in total. The fourth-order valence-corrected chi connectivity index (χ4v) is 5.14. The van der Waals surface area contributed by atoms with E-state index in [1.165, 1.54) is 0 Å². The number of nitrogens with one attached hydrogen (secondary N) is 2. The summed E-state index contributed by atoms with van der Waals surface area (Å²) in [7, 11) is 0. The Morgan fingerprint density at radius 2 is 1.70 bits per heavy atom. The first kappa shape index (κ1) is 22.1. The van der Waals surface area contributed by atoms with Gasteiger partial charge in [0.05, 0.1) is 12.1 Å². The Hall–Kier alpha value is -1.24. The number of fused-ring (bicyclic) bond motifs is 1. The smallest absolute Gasteiger partial charge is 0.315 e. The van der Waals surface area contributed by atoms with Crippen LogP contribution in [0, 0.1) is 0 Å². The van der Waals surface area contributed by atoms with E-state index in [1.807, 2.05) is 32.5 Å². The molecule has 2 N–H and O–H groups in total. The van der Waals surface area contributed by atoms with Gasteiger partial charge in [-0.15, -0.1) is 0 Å². The molecule has 0 aromatic rings. The van der Waals surface area contributed by atoms with Crippen molar-refractivity contribution >= 4 is 29.5 Å². The van der Waals surface area contributed by atoms with E-state index in [2.05, 4.69) is 10.6 Å². The van der Waals surface area contributed by atoms with Crippen LogP contribution >= 0.6 is 11.8 Å². The van der Waals surface area contributed by atoms with Crippen LogP contribution in [0.3, 0.4) is 0 Å². The van der Waals surface area contributed by atoms with Gasteiger partial charge in [0.15, 0.2) is 0 Å². The number of Topliss-reactive ketones (excluding diaryl/α,β-unsaturated/α-hetero) is 1. The minimum absolute atomic E-state index is 0.0443. The summed E-state index contributed by atoms with van der Waals surface area (Å²) in [6.07, 6.45) is 7.20. The summed E-state index contributed by atoms with van der Waals surface area (Å²) in [5.74, 6) is 1.14. The molecular weight excluding hydrogens is 364 g/mol. The lowest BCUT2D eigenvalue weighted by atomic mass is 10.0. The van der Waals surface area contributed by atoms with Crippen LogP contribution in [0.15, 0.2) is 0 Å². The number of carbonyl (C=O) groups excluding carboxylic acids is 3. The predicted molar refractivity (Wildman–Crippen MR) is 108 cm³/mol. The third-order valence-electron chi connectivity index (χ3n) is 4.89. The van der Waals surface area contributed by atoms with E-state index in [-0.39, 0.29) is 24.1 Å². The molecule has 2 fully saturated rings. The number of unbranched alkanes of at least 4 members (excludes halogenated alkanes) is 3. The molecule has 27 heavy (non-hydrogen) atoms. The number of amides is 2. The van der Waals surface area contributed by atoms with E-state index in [9.17, 15) is 14.4 Å². The van der Waals surface area contributed by atoms with Gasteiger partial charge in [-0.1, -0.05) is 12.8 Å². The minimum Gasteiger partial charge on any atom is -0.460 e. The maximum atomic E-state index is 12.0. The van der Waals surface area contributed by atoms with Crippen molar-refractivity contribution in [1.29, 1.82) is 0 Å². The van der Waals surface area contributed by atoms with E-state index in [1.54, 1.807) is 0 Å². The summed E-state index contributed by atoms with van der Waals surface area (Å²) in [5.41, 5.74) is -0.426. The zero-order chi connectivity index (χ0) is 19.9. The highest BCUT2D eigenvalue weighted by molar-refractivity contribution is 8.00. The van der Waals surface area contributed by atoms with Crippen LogP contribution in [-0.2, 0) is 14.3 Å². The number of ether oxygens (including phenoxy) is 1. The van der Waals surface area contributed by atoms with Crippen LogP contribution in [0.1, 0.15) is 78.6 Å². The number of rotatable bonds is 11. The predicted octanol–water partition coefficient (Wildman–Crippen LogP) is 3.57. The van der Waals surface area contributed by atoms with E-state index in [0.29, 0.717) is 30.3 Å². The summed E-state index contributed by atoms with van der Waals surface area (Å²) >= 11 is 1.92. The molecule has 3 atom stereocenters. The molecule has 2 heterocycles. The van der Waals surface area contributed by atoms with E-state index in [0.717, 1.165) is 44.3 Å². The van der Waals surface area contributed by atoms with Crippen LogP contribution in [0.4, 0.5) is 4.79 Å². The Bertz CT molecular complexity index is 533. The van der Waals surface area contributed by atoms with Crippen LogP contribution in [0.5, 0.6) is 0 Å². The second-order valence-corrected chi connectivity index (χ2v) is 9.83. The first-order valence-electron chi connectivity index (χ1n) is 10.2. The van der Waals surface area contributed by atoms with E-state index >= 15 is 0 Å². The van der Waals surface area contributed by atoms with Gasteiger partial charge in [-0.3, -0.25) is 9.59 Å². The lowest BCUT2D eigenvalue weighted by Gasteiger charge is -2.19. The number of hydrogen-bond acceptors (Lipinski definition) is 5. The molecule has 0 bridgehead atoms. The van der Waals surface area contributed by atoms with Gasteiger partial charge in [0.1, 0.15) is 11.4 Å². The number of ketones is 1. The molecule has 154 valence electrons. The van der Waals surface area contributed by atoms with Gasteiger partial charge in [-0.25, -0.2) is 4.79 Å². The molecule has 0 aromatic heterocycles. The largest absolute Gasteiger partial charge is 0.460 e. The third kappa shape index (κ3) is 8.11. The van der Waals surface area contributed by atoms with Gasteiger partial charge in [0.25, 0.3) is 0 Å². The Labute approximate surface area is 166 Å². The number of carbonyl (C=O) groups is 3. The summed E-state index contributed by atoms with van der Waals surface area (Å²) in [4.78, 5) is 35.0. The monoisotopic (exact) mass is 398 g/mol. The highest BCUT2D eigenvalue weighted by Gasteiger charge is 2.42. The molecular formula is C20H34N2O4S. The number of thioether (sulfide) groups is 1. The normalized spacial score (nSPS) is 24.3. The molecule has 2 aliphatic heterocycles. The zero-order valence-electron chi connectivity index (χ0n) is 16.8. The summed E-state index contributed by atoms with van der Waals surface area (Å²) in [5, 5.41) is 6.43. The maximum absolute atomic E-state index is 12.0. The molecule has 2 saturated heterocycles. The van der Waals surface area contributed by atoms with Crippen molar-refractivity contribution in [2.24, 2.45) is 0 Å². The minimum atomic E-state index is -0.426. The van der Waals surface area contributed by atoms with Crippen LogP contribution in [0.2, 0.25) is 0 Å². The maximum Gasteiger partial charge on any atom is 0.315 e. The highest BCUT2D eigenvalue weighted by atomic mass is 32.2. The van der Waals surface area contributed by atoms with Crippen molar-refractivity contribution in [2.75, 3.05) is 5.75 Å². The quantitative estimate of drug-likeness (QED) is 0.316. The molecule has 2 amide bonds. The van der Waals surface area contributed by atoms with Crippen molar-refractivity contribution in [3.05, 3.63) is 0 Å². The Morgan fingerprint density at radius 3 is 2.41 bits per heavy atom. The summed E-state index contributed by atoms with van der Waals surface area (Å²) in [6.45, 7) is 5.61. The molecule has 0 aliphatic carbocycles. The van der Waals surface area contributed by atoms with Crippen LogP contribution in [0.25, 0.3) is 0 Å². The van der Waals surface area contributed by atoms with Gasteiger partial charge in [0.2, 0.25) is 0 Å². The lowest BCUT2D eigenvalue weighted by molar-refractivity contribution is -0.154. The van der Waals surface area contributed by atoms with Gasteiger partial charge in [0, 0.05) is 30.3 Å². The van der Waals surface area contributed by atoms with Crippen molar-refractivity contribution in [2.45, 2.75) is 101 Å². The lowest BCUT2D eigenvalue weighted by Crippen LogP contribution is -2.36. The Morgan fingerprint density at radius 1 is 1.04 bits per heavy atom. The number of esters is 1. The van der Waals surface area contributed by atoms with E-state index in [4.69, 9.17) is 4.74 Å². The van der Waals surface area contributed by atoms with Gasteiger partial charge >= 0.3 is 12.0 Å². The van der Waals surface area contributed by atoms with Gasteiger partial charge in [-0.05, 0) is 46.5 Å². The second kappa shape index (κ2) is 10.3. The summed E-state index contributed by atoms with van der Waals surface area (Å²) < 4.78 is 5.27. The van der Waals surface area contributed by atoms with Crippen LogP contribution < -0.4 is 10.6 Å². The molecule has 7 heteroatoms. The third-order valence-corrected chi connectivity index (χ3v) is 6.40. The average molecular weight is 399 g/mol. The Kier molecular flexibility index (Phi) is 8.45. The van der Waals surface area contributed by atoms with Crippen molar-refractivity contribution in [3.63, 3.8) is 0 Å². The van der Waals surface area contributed by atoms with Crippen LogP contribution in [-0.4, -0.2) is 46.5 Å². The molecule has 2 rings (SSSR count). The highest BCUT2D eigenvalue weighted by Crippen LogP contribution is 2.33. The first-order chi connectivity index (χ1) is 12.7. The van der Waals surface area contributed by atoms with Crippen molar-refractivity contribution < 1.29 is 19.1 Å². The zero-order valence-corrected chi connectivity index (χ0v) is 17.7. The molecule has 0 saturated carbocycles. The van der Waals surface area contributed by atoms with Gasteiger partial charge < -0.3 is 15.4 Å². The Balaban J connectivity index is 1.45. The molecule has 2 aliphatic rings. The van der Waals surface area contributed by atoms with Gasteiger partial charge in [-0.2, -0.15) is 11.8 Å². The molecule has 0 radical (unpaired) electrons. The first-order valence-corrected chi connectivity index (χ1v) is 11.2. The number of urea groups is 1. The molecule has 0 aromatic carbocycles. The number of hydrogen-bond donors (Lipinski definition) is 2.